The van der Waals surface area contributed by atoms with Crippen LogP contribution in [0.3, 0.4) is 0 Å². The van der Waals surface area contributed by atoms with Crippen LogP contribution in [-0.2, 0) is 10.9 Å². The van der Waals surface area contributed by atoms with Crippen molar-refractivity contribution in [3.05, 3.63) is 48.4 Å². The number of aromatic nitrogens is 3. The standard InChI is InChI=1S/C24H26F3N5O2/c25-24(26,27)16-1-6-22(30-15-16)31-17-2-4-19(5-3-17)34-21-14-18(32-9-11-33-12-10-32)13-20-23(21)29-8-7-28-20/h1,6-8,13-15,17,19H,2-5,9-12H2,(H,30,31). The molecule has 0 radical (unpaired) electrons. The maximum absolute atomic E-state index is 12.7. The summed E-state index contributed by atoms with van der Waals surface area (Å²) in [7, 11) is 0. The van der Waals surface area contributed by atoms with Gasteiger partial charge in [-0.25, -0.2) is 9.97 Å². The number of benzene rings is 1. The number of anilines is 2. The molecule has 0 spiro atoms. The summed E-state index contributed by atoms with van der Waals surface area (Å²) >= 11 is 0. The number of halogens is 3. The van der Waals surface area contributed by atoms with Crippen LogP contribution in [0.5, 0.6) is 5.75 Å². The molecule has 1 saturated carbocycles. The summed E-state index contributed by atoms with van der Waals surface area (Å²) in [6, 6.07) is 6.66. The van der Waals surface area contributed by atoms with Gasteiger partial charge in [0.05, 0.1) is 30.4 Å². The van der Waals surface area contributed by atoms with Crippen molar-refractivity contribution in [3.8, 4) is 5.75 Å². The number of nitrogens with zero attached hydrogens (tertiary/aromatic N) is 4. The number of morpholine rings is 1. The van der Waals surface area contributed by atoms with Gasteiger partial charge < -0.3 is 19.7 Å². The summed E-state index contributed by atoms with van der Waals surface area (Å²) in [6.07, 6.45) is 3.18. The fourth-order valence-electron chi connectivity index (χ4n) is 4.48. The van der Waals surface area contributed by atoms with Crippen LogP contribution in [-0.4, -0.2) is 53.4 Å². The van der Waals surface area contributed by atoms with Crippen LogP contribution in [0.4, 0.5) is 24.7 Å². The lowest BCUT2D eigenvalue weighted by atomic mass is 9.93. The molecule has 1 aliphatic heterocycles. The number of fused-ring (bicyclic) bond motifs is 1. The zero-order valence-electron chi connectivity index (χ0n) is 18.6. The van der Waals surface area contributed by atoms with Gasteiger partial charge in [-0.15, -0.1) is 0 Å². The molecule has 0 unspecified atom stereocenters. The molecule has 0 bridgehead atoms. The smallest absolute Gasteiger partial charge is 0.417 e. The average Bonchev–Trinajstić information content (AvgIpc) is 2.85. The van der Waals surface area contributed by atoms with Gasteiger partial charge in [-0.1, -0.05) is 0 Å². The van der Waals surface area contributed by atoms with Crippen molar-refractivity contribution in [1.29, 1.82) is 0 Å². The molecule has 34 heavy (non-hydrogen) atoms. The number of alkyl halides is 3. The molecule has 2 aromatic heterocycles. The molecule has 0 amide bonds. The molecule has 1 saturated heterocycles. The quantitative estimate of drug-likeness (QED) is 0.577. The Morgan fingerprint density at radius 2 is 1.74 bits per heavy atom. The Balaban J connectivity index is 1.23. The van der Waals surface area contributed by atoms with Crippen LogP contribution in [0.1, 0.15) is 31.2 Å². The van der Waals surface area contributed by atoms with E-state index in [1.54, 1.807) is 12.4 Å². The van der Waals surface area contributed by atoms with Crippen molar-refractivity contribution in [1.82, 2.24) is 15.0 Å². The lowest BCUT2D eigenvalue weighted by Gasteiger charge is -2.31. The van der Waals surface area contributed by atoms with E-state index in [1.165, 1.54) is 6.07 Å². The van der Waals surface area contributed by atoms with Crippen LogP contribution in [0.25, 0.3) is 11.0 Å². The zero-order chi connectivity index (χ0) is 23.5. The van der Waals surface area contributed by atoms with Crippen LogP contribution < -0.4 is 15.0 Å². The number of pyridine rings is 1. The maximum Gasteiger partial charge on any atom is 0.417 e. The second kappa shape index (κ2) is 9.61. The molecule has 2 fully saturated rings. The average molecular weight is 473 g/mol. The van der Waals surface area contributed by atoms with Crippen LogP contribution >= 0.6 is 0 Å². The Kier molecular flexibility index (Phi) is 6.40. The monoisotopic (exact) mass is 473 g/mol. The van der Waals surface area contributed by atoms with Crippen molar-refractivity contribution in [2.45, 2.75) is 44.0 Å². The van der Waals surface area contributed by atoms with E-state index >= 15 is 0 Å². The van der Waals surface area contributed by atoms with Crippen LogP contribution in [0.15, 0.2) is 42.9 Å². The van der Waals surface area contributed by atoms with Crippen molar-refractivity contribution in [3.63, 3.8) is 0 Å². The Labute approximate surface area is 195 Å². The van der Waals surface area contributed by atoms with Crippen molar-refractivity contribution in [2.24, 2.45) is 0 Å². The first-order chi connectivity index (χ1) is 16.5. The molecule has 3 heterocycles. The third kappa shape index (κ3) is 5.16. The van der Waals surface area contributed by atoms with E-state index in [1.807, 2.05) is 12.1 Å². The van der Waals surface area contributed by atoms with Gasteiger partial charge in [0.15, 0.2) is 0 Å². The van der Waals surface area contributed by atoms with Gasteiger partial charge in [0.2, 0.25) is 0 Å². The highest BCUT2D eigenvalue weighted by Gasteiger charge is 2.31. The molecule has 1 N–H and O–H groups in total. The molecule has 1 aliphatic carbocycles. The predicted octanol–water partition coefficient (Wildman–Crippen LogP) is 4.68. The molecule has 180 valence electrons. The summed E-state index contributed by atoms with van der Waals surface area (Å²) in [4.78, 5) is 15.2. The first-order valence-corrected chi connectivity index (χ1v) is 11.5. The highest BCUT2D eigenvalue weighted by Crippen LogP contribution is 2.34. The van der Waals surface area contributed by atoms with Gasteiger partial charge in [-0.2, -0.15) is 13.2 Å². The highest BCUT2D eigenvalue weighted by molar-refractivity contribution is 5.85. The molecule has 10 heteroatoms. The topological polar surface area (TPSA) is 72.4 Å². The Morgan fingerprint density at radius 1 is 0.971 bits per heavy atom. The predicted molar refractivity (Wildman–Crippen MR) is 122 cm³/mol. The second-order valence-electron chi connectivity index (χ2n) is 8.63. The van der Waals surface area contributed by atoms with Gasteiger partial charge in [-0.3, -0.25) is 4.98 Å². The van der Waals surface area contributed by atoms with Gasteiger partial charge in [0, 0.05) is 49.5 Å². The lowest BCUT2D eigenvalue weighted by molar-refractivity contribution is -0.137. The molecule has 7 nitrogen and oxygen atoms in total. The molecule has 3 aromatic rings. The number of hydrogen-bond acceptors (Lipinski definition) is 7. The summed E-state index contributed by atoms with van der Waals surface area (Å²) in [6.45, 7) is 3.03. The molecule has 0 atom stereocenters. The van der Waals surface area contributed by atoms with E-state index < -0.39 is 11.7 Å². The fourth-order valence-corrected chi connectivity index (χ4v) is 4.48. The normalized spacial score (nSPS) is 21.4. The Bertz CT molecular complexity index is 1110. The lowest BCUT2D eigenvalue weighted by Crippen LogP contribution is -2.36. The van der Waals surface area contributed by atoms with Crippen molar-refractivity contribution >= 4 is 22.5 Å². The number of rotatable bonds is 5. The number of ether oxygens (including phenoxy) is 2. The first-order valence-electron chi connectivity index (χ1n) is 11.5. The van der Waals surface area contributed by atoms with E-state index in [0.29, 0.717) is 19.0 Å². The van der Waals surface area contributed by atoms with Crippen LogP contribution in [0, 0.1) is 0 Å². The maximum atomic E-state index is 12.7. The highest BCUT2D eigenvalue weighted by atomic mass is 19.4. The van der Waals surface area contributed by atoms with Gasteiger partial charge in [-0.05, 0) is 43.9 Å². The summed E-state index contributed by atoms with van der Waals surface area (Å²) in [5.74, 6) is 1.18. The second-order valence-corrected chi connectivity index (χ2v) is 8.63. The van der Waals surface area contributed by atoms with E-state index in [0.717, 1.165) is 73.5 Å². The van der Waals surface area contributed by atoms with Gasteiger partial charge in [0.1, 0.15) is 17.1 Å². The van der Waals surface area contributed by atoms with E-state index in [9.17, 15) is 13.2 Å². The zero-order valence-corrected chi connectivity index (χ0v) is 18.6. The minimum Gasteiger partial charge on any atom is -0.488 e. The molecule has 1 aromatic carbocycles. The minimum atomic E-state index is -4.38. The summed E-state index contributed by atoms with van der Waals surface area (Å²) < 4.78 is 50.1. The molecular formula is C24H26F3N5O2. The third-order valence-corrected chi connectivity index (χ3v) is 6.31. The SMILES string of the molecule is FC(F)(F)c1ccc(NC2CCC(Oc3cc(N4CCOCC4)cc4nccnc34)CC2)nc1. The molecular weight excluding hydrogens is 447 g/mol. The van der Waals surface area contributed by atoms with Crippen LogP contribution in [0.2, 0.25) is 0 Å². The Hall–Kier alpha value is -3.14. The number of nitrogens with one attached hydrogen (secondary N) is 1. The van der Waals surface area contributed by atoms with E-state index in [-0.39, 0.29) is 12.1 Å². The number of hydrogen-bond donors (Lipinski definition) is 1. The molecule has 5 rings (SSSR count). The molecule has 2 aliphatic rings. The summed E-state index contributed by atoms with van der Waals surface area (Å²) in [5.41, 5.74) is 1.85. The summed E-state index contributed by atoms with van der Waals surface area (Å²) in [5, 5.41) is 3.25. The first kappa shape index (κ1) is 22.6. The minimum absolute atomic E-state index is 0.0313. The van der Waals surface area contributed by atoms with Gasteiger partial charge >= 0.3 is 6.18 Å². The van der Waals surface area contributed by atoms with E-state index in [2.05, 4.69) is 25.2 Å². The Morgan fingerprint density at radius 3 is 2.44 bits per heavy atom. The van der Waals surface area contributed by atoms with Crippen molar-refractivity contribution in [2.75, 3.05) is 36.5 Å². The largest absolute Gasteiger partial charge is 0.488 e. The van der Waals surface area contributed by atoms with E-state index in [4.69, 9.17) is 9.47 Å². The van der Waals surface area contributed by atoms with Crippen molar-refractivity contribution < 1.29 is 22.6 Å². The third-order valence-electron chi connectivity index (χ3n) is 6.31. The fraction of sp³-hybridized carbons (Fsp3) is 0.458. The van der Waals surface area contributed by atoms with Gasteiger partial charge in [0.25, 0.3) is 0 Å².